The average Bonchev–Trinajstić information content (AvgIpc) is 2.34. The van der Waals surface area contributed by atoms with Gasteiger partial charge in [-0.15, -0.1) is 6.42 Å². The van der Waals surface area contributed by atoms with Gasteiger partial charge in [0.05, 0.1) is 6.54 Å². The zero-order valence-electron chi connectivity index (χ0n) is 11.7. The molecule has 1 aromatic carbocycles. The fourth-order valence-corrected chi connectivity index (χ4v) is 1.93. The van der Waals surface area contributed by atoms with Gasteiger partial charge in [-0.25, -0.2) is 0 Å². The van der Waals surface area contributed by atoms with Crippen LogP contribution in [0.25, 0.3) is 0 Å². The first-order valence-electron chi connectivity index (χ1n) is 6.24. The molecule has 0 heterocycles. The fraction of sp³-hybridized carbons (Fsp3) is 0.438. The molecule has 18 heavy (non-hydrogen) atoms. The van der Waals surface area contributed by atoms with Crippen molar-refractivity contribution >= 4 is 5.91 Å². The quantitative estimate of drug-likeness (QED) is 0.747. The van der Waals surface area contributed by atoms with Crippen molar-refractivity contribution in [3.63, 3.8) is 0 Å². The van der Waals surface area contributed by atoms with E-state index in [0.717, 1.165) is 11.1 Å². The van der Waals surface area contributed by atoms with Crippen LogP contribution in [0, 0.1) is 12.3 Å². The van der Waals surface area contributed by atoms with Gasteiger partial charge in [0.2, 0.25) is 0 Å². The first-order valence-corrected chi connectivity index (χ1v) is 6.24. The third-order valence-corrected chi connectivity index (χ3v) is 2.92. The maximum Gasteiger partial charge on any atom is 0.254 e. The predicted molar refractivity (Wildman–Crippen MR) is 75.6 cm³/mol. The second-order valence-corrected chi connectivity index (χ2v) is 5.32. The van der Waals surface area contributed by atoms with Crippen molar-refractivity contribution < 1.29 is 4.79 Å². The van der Waals surface area contributed by atoms with Crippen molar-refractivity contribution in [2.75, 3.05) is 13.1 Å². The summed E-state index contributed by atoms with van der Waals surface area (Å²) in [5.41, 5.74) is 1.76. The van der Waals surface area contributed by atoms with E-state index in [2.05, 4.69) is 26.7 Å². The Hall–Kier alpha value is -1.75. The molecular weight excluding hydrogens is 222 g/mol. The molecular formula is C16H21NO. The molecule has 0 unspecified atom stereocenters. The van der Waals surface area contributed by atoms with Crippen LogP contribution in [0.1, 0.15) is 43.6 Å². The number of hydrogen-bond acceptors (Lipinski definition) is 1. The molecule has 0 bridgehead atoms. The molecule has 0 aromatic heterocycles. The molecule has 1 amide bonds. The lowest BCUT2D eigenvalue weighted by molar-refractivity contribution is 0.0782. The lowest BCUT2D eigenvalue weighted by Crippen LogP contribution is -2.33. The zero-order valence-corrected chi connectivity index (χ0v) is 11.7. The predicted octanol–water partition coefficient (Wildman–Crippen LogP) is 3.08. The second kappa shape index (κ2) is 5.73. The van der Waals surface area contributed by atoms with E-state index in [0.29, 0.717) is 13.1 Å². The Bertz CT molecular complexity index is 463. The molecule has 0 fully saturated rings. The zero-order chi connectivity index (χ0) is 13.8. The van der Waals surface area contributed by atoms with Gasteiger partial charge in [-0.1, -0.05) is 44.9 Å². The highest BCUT2D eigenvalue weighted by molar-refractivity contribution is 5.96. The fourth-order valence-electron chi connectivity index (χ4n) is 1.93. The molecule has 0 N–H and O–H groups in total. The highest BCUT2D eigenvalue weighted by Crippen LogP contribution is 2.26. The number of rotatable bonds is 3. The maximum atomic E-state index is 12.5. The minimum Gasteiger partial charge on any atom is -0.328 e. The summed E-state index contributed by atoms with van der Waals surface area (Å²) < 4.78 is 0. The molecule has 0 saturated heterocycles. The van der Waals surface area contributed by atoms with Gasteiger partial charge < -0.3 is 4.90 Å². The van der Waals surface area contributed by atoms with Crippen LogP contribution in [0.5, 0.6) is 0 Å². The number of benzene rings is 1. The monoisotopic (exact) mass is 243 g/mol. The Labute approximate surface area is 110 Å². The van der Waals surface area contributed by atoms with Crippen LogP contribution < -0.4 is 0 Å². The van der Waals surface area contributed by atoms with Crippen molar-refractivity contribution in [3.05, 3.63) is 35.4 Å². The molecule has 0 saturated carbocycles. The minimum atomic E-state index is -0.0538. The van der Waals surface area contributed by atoms with E-state index in [-0.39, 0.29) is 11.3 Å². The molecule has 0 spiro atoms. The summed E-state index contributed by atoms with van der Waals surface area (Å²) in [5, 5.41) is 0. The Morgan fingerprint density at radius 1 is 1.33 bits per heavy atom. The summed E-state index contributed by atoms with van der Waals surface area (Å²) in [6.45, 7) is 9.24. The maximum absolute atomic E-state index is 12.5. The number of carbonyl (C=O) groups is 1. The van der Waals surface area contributed by atoms with E-state index in [9.17, 15) is 4.79 Å². The lowest BCUT2D eigenvalue weighted by Gasteiger charge is -2.25. The van der Waals surface area contributed by atoms with Crippen molar-refractivity contribution in [1.29, 1.82) is 0 Å². The van der Waals surface area contributed by atoms with Crippen LogP contribution >= 0.6 is 0 Å². The topological polar surface area (TPSA) is 20.3 Å². The van der Waals surface area contributed by atoms with Gasteiger partial charge in [0.25, 0.3) is 5.91 Å². The van der Waals surface area contributed by atoms with Crippen LogP contribution in [0.2, 0.25) is 0 Å². The van der Waals surface area contributed by atoms with E-state index in [4.69, 9.17) is 6.42 Å². The summed E-state index contributed by atoms with van der Waals surface area (Å²) in [4.78, 5) is 14.1. The van der Waals surface area contributed by atoms with Gasteiger partial charge in [-0.3, -0.25) is 4.79 Å². The normalized spacial score (nSPS) is 10.8. The van der Waals surface area contributed by atoms with Crippen LogP contribution in [0.15, 0.2) is 24.3 Å². The highest BCUT2D eigenvalue weighted by atomic mass is 16.2. The second-order valence-electron chi connectivity index (χ2n) is 5.32. The molecule has 1 rings (SSSR count). The molecule has 0 aliphatic carbocycles. The summed E-state index contributed by atoms with van der Waals surface area (Å²) >= 11 is 0. The first kappa shape index (κ1) is 14.3. The van der Waals surface area contributed by atoms with Gasteiger partial charge in [-0.05, 0) is 24.0 Å². The van der Waals surface area contributed by atoms with Gasteiger partial charge in [0.1, 0.15) is 0 Å². The Balaban J connectivity index is 3.18. The average molecular weight is 243 g/mol. The number of carbonyl (C=O) groups excluding carboxylic acids is 1. The smallest absolute Gasteiger partial charge is 0.254 e. The van der Waals surface area contributed by atoms with E-state index in [1.54, 1.807) is 4.90 Å². The number of terminal acetylenes is 1. The molecule has 2 nitrogen and oxygen atoms in total. The summed E-state index contributed by atoms with van der Waals surface area (Å²) in [5.74, 6) is 2.55. The largest absolute Gasteiger partial charge is 0.328 e. The highest BCUT2D eigenvalue weighted by Gasteiger charge is 2.23. The summed E-state index contributed by atoms with van der Waals surface area (Å²) in [7, 11) is 0. The number of hydrogen-bond donors (Lipinski definition) is 0. The SMILES string of the molecule is C#CCN(CC)C(=O)c1ccccc1C(C)(C)C. The van der Waals surface area contributed by atoms with Crippen molar-refractivity contribution in [2.24, 2.45) is 0 Å². The van der Waals surface area contributed by atoms with Crippen LogP contribution in [0.4, 0.5) is 0 Å². The minimum absolute atomic E-state index is 0.0148. The van der Waals surface area contributed by atoms with Gasteiger partial charge in [0.15, 0.2) is 0 Å². The van der Waals surface area contributed by atoms with E-state index in [1.165, 1.54) is 0 Å². The Morgan fingerprint density at radius 3 is 2.44 bits per heavy atom. The third-order valence-electron chi connectivity index (χ3n) is 2.92. The van der Waals surface area contributed by atoms with Gasteiger partial charge in [-0.2, -0.15) is 0 Å². The molecule has 96 valence electrons. The van der Waals surface area contributed by atoms with Crippen molar-refractivity contribution in [3.8, 4) is 12.3 Å². The Kier molecular flexibility index (Phi) is 4.55. The van der Waals surface area contributed by atoms with Gasteiger partial charge >= 0.3 is 0 Å². The molecule has 0 aliphatic rings. The number of nitrogens with zero attached hydrogens (tertiary/aromatic N) is 1. The van der Waals surface area contributed by atoms with Crippen molar-refractivity contribution in [1.82, 2.24) is 4.90 Å². The van der Waals surface area contributed by atoms with Gasteiger partial charge in [0, 0.05) is 12.1 Å². The molecule has 0 radical (unpaired) electrons. The van der Waals surface area contributed by atoms with Crippen LogP contribution in [-0.2, 0) is 5.41 Å². The van der Waals surface area contributed by atoms with Crippen LogP contribution in [-0.4, -0.2) is 23.9 Å². The molecule has 0 atom stereocenters. The van der Waals surface area contributed by atoms with E-state index < -0.39 is 0 Å². The van der Waals surface area contributed by atoms with Crippen molar-refractivity contribution in [2.45, 2.75) is 33.1 Å². The standard InChI is InChI=1S/C16H21NO/c1-6-12-17(7-2)15(18)13-10-8-9-11-14(13)16(3,4)5/h1,8-11H,7,12H2,2-5H3. The third kappa shape index (κ3) is 3.13. The molecule has 0 aliphatic heterocycles. The first-order chi connectivity index (χ1) is 8.41. The summed E-state index contributed by atoms with van der Waals surface area (Å²) in [6, 6.07) is 7.75. The van der Waals surface area contributed by atoms with Crippen LogP contribution in [0.3, 0.4) is 0 Å². The van der Waals surface area contributed by atoms with E-state index >= 15 is 0 Å². The molecule has 2 heteroatoms. The Morgan fingerprint density at radius 2 is 1.94 bits per heavy atom. The lowest BCUT2D eigenvalue weighted by atomic mass is 9.83. The van der Waals surface area contributed by atoms with E-state index in [1.807, 2.05) is 31.2 Å². The molecule has 1 aromatic rings. The summed E-state index contributed by atoms with van der Waals surface area (Å²) in [6.07, 6.45) is 5.30. The number of amides is 1.